The number of hydrogen-bond acceptors (Lipinski definition) is 6. The largest absolute Gasteiger partial charge is 0.454 e. The Morgan fingerprint density at radius 1 is 1.06 bits per heavy atom. The molecular formula is C22H21N3O5S. The molecule has 0 spiro atoms. The van der Waals surface area contributed by atoms with Crippen molar-refractivity contribution in [2.75, 3.05) is 30.5 Å². The number of ether oxygens (including phenoxy) is 2. The lowest BCUT2D eigenvalue weighted by Gasteiger charge is -2.34. The number of fused-ring (bicyclic) bond motifs is 2. The summed E-state index contributed by atoms with van der Waals surface area (Å²) >= 11 is 1.28. The molecule has 0 aromatic heterocycles. The minimum absolute atomic E-state index is 0.0790. The molecule has 3 amide bonds. The Bertz CT molecular complexity index is 1050. The number of benzene rings is 2. The molecule has 1 saturated heterocycles. The van der Waals surface area contributed by atoms with Crippen molar-refractivity contribution in [1.82, 2.24) is 4.90 Å². The normalized spacial score (nSPS) is 20.1. The molecule has 8 nitrogen and oxygen atoms in total. The van der Waals surface area contributed by atoms with E-state index in [9.17, 15) is 14.4 Å². The highest BCUT2D eigenvalue weighted by Crippen LogP contribution is 2.37. The van der Waals surface area contributed by atoms with Crippen molar-refractivity contribution in [1.29, 1.82) is 0 Å². The van der Waals surface area contributed by atoms with Gasteiger partial charge in [0.25, 0.3) is 0 Å². The summed E-state index contributed by atoms with van der Waals surface area (Å²) in [6.45, 7) is 1.08. The van der Waals surface area contributed by atoms with Crippen LogP contribution in [0.3, 0.4) is 0 Å². The fourth-order valence-electron chi connectivity index (χ4n) is 3.96. The summed E-state index contributed by atoms with van der Waals surface area (Å²) in [6.07, 6.45) is 1.11. The molecule has 0 radical (unpaired) electrons. The molecule has 3 aliphatic heterocycles. The molecule has 31 heavy (non-hydrogen) atoms. The predicted molar refractivity (Wildman–Crippen MR) is 115 cm³/mol. The third-order valence-corrected chi connectivity index (χ3v) is 6.93. The van der Waals surface area contributed by atoms with Crippen molar-refractivity contribution in [3.8, 4) is 11.5 Å². The van der Waals surface area contributed by atoms with Crippen LogP contribution in [0.5, 0.6) is 11.5 Å². The summed E-state index contributed by atoms with van der Waals surface area (Å²) in [6, 6.07) is 12.7. The molecule has 9 heteroatoms. The van der Waals surface area contributed by atoms with Gasteiger partial charge >= 0.3 is 0 Å². The number of hydrogen-bond donors (Lipinski definition) is 2. The highest BCUT2D eigenvalue weighted by Gasteiger charge is 2.37. The molecule has 0 aliphatic carbocycles. The smallest absolute Gasteiger partial charge is 0.247 e. The Hall–Kier alpha value is -3.20. The van der Waals surface area contributed by atoms with Gasteiger partial charge in [0.2, 0.25) is 24.5 Å². The van der Waals surface area contributed by atoms with Gasteiger partial charge in [0, 0.05) is 35.7 Å². The number of thioether (sulfide) groups is 1. The number of amides is 3. The van der Waals surface area contributed by atoms with Crippen LogP contribution in [0, 0.1) is 5.92 Å². The molecule has 0 unspecified atom stereocenters. The summed E-state index contributed by atoms with van der Waals surface area (Å²) in [7, 11) is 0. The van der Waals surface area contributed by atoms with Gasteiger partial charge < -0.3 is 25.0 Å². The first kappa shape index (κ1) is 19.7. The van der Waals surface area contributed by atoms with Crippen molar-refractivity contribution in [3.63, 3.8) is 0 Å². The lowest BCUT2D eigenvalue weighted by Crippen LogP contribution is -2.48. The summed E-state index contributed by atoms with van der Waals surface area (Å²) in [5.74, 6) is 0.510. The van der Waals surface area contributed by atoms with Gasteiger partial charge in [-0.05, 0) is 37.1 Å². The van der Waals surface area contributed by atoms with Crippen molar-refractivity contribution in [3.05, 3.63) is 42.5 Å². The number of nitrogens with zero attached hydrogens (tertiary/aromatic N) is 1. The number of likely N-dealkylation sites (tertiary alicyclic amines) is 1. The fourth-order valence-corrected chi connectivity index (χ4v) is 5.03. The van der Waals surface area contributed by atoms with Crippen LogP contribution in [0.1, 0.15) is 12.8 Å². The number of nitrogens with one attached hydrogen (secondary N) is 2. The average molecular weight is 439 g/mol. The van der Waals surface area contributed by atoms with Crippen LogP contribution < -0.4 is 20.1 Å². The lowest BCUT2D eigenvalue weighted by molar-refractivity contribution is -0.136. The standard InChI is InChI=1S/C22H21N3O5S/c26-20(23-14-5-6-16-17(11-14)30-12-29-16)13-7-9-25(10-8-13)22(28)19-21(27)24-15-3-1-2-4-18(15)31-19/h1-6,11,13,19H,7-10,12H2,(H,23,26)(H,24,27)/t19-/m1/s1. The van der Waals surface area contributed by atoms with Crippen LogP contribution in [0.15, 0.2) is 47.4 Å². The van der Waals surface area contributed by atoms with E-state index in [4.69, 9.17) is 9.47 Å². The van der Waals surface area contributed by atoms with E-state index in [2.05, 4.69) is 10.6 Å². The van der Waals surface area contributed by atoms with E-state index < -0.39 is 5.25 Å². The van der Waals surface area contributed by atoms with Crippen LogP contribution in [-0.4, -0.2) is 47.8 Å². The van der Waals surface area contributed by atoms with Crippen molar-refractivity contribution in [2.24, 2.45) is 5.92 Å². The molecule has 3 aliphatic rings. The Morgan fingerprint density at radius 2 is 1.84 bits per heavy atom. The fraction of sp³-hybridized carbons (Fsp3) is 0.318. The van der Waals surface area contributed by atoms with Gasteiger partial charge in [-0.15, -0.1) is 11.8 Å². The SMILES string of the molecule is O=C(Nc1ccc2c(c1)OCO2)C1CCN(C(=O)[C@@H]2Sc3ccccc3NC2=O)CC1. The Kier molecular flexibility index (Phi) is 5.19. The molecule has 0 saturated carbocycles. The van der Waals surface area contributed by atoms with Gasteiger partial charge in [0.15, 0.2) is 16.7 Å². The molecule has 2 aromatic rings. The zero-order chi connectivity index (χ0) is 21.4. The zero-order valence-electron chi connectivity index (χ0n) is 16.6. The molecular weight excluding hydrogens is 418 g/mol. The molecule has 5 rings (SSSR count). The first-order valence-electron chi connectivity index (χ1n) is 10.1. The van der Waals surface area contributed by atoms with E-state index >= 15 is 0 Å². The maximum absolute atomic E-state index is 13.0. The summed E-state index contributed by atoms with van der Waals surface area (Å²) in [4.78, 5) is 40.7. The third kappa shape index (κ3) is 3.93. The van der Waals surface area contributed by atoms with Gasteiger partial charge in [-0.1, -0.05) is 12.1 Å². The molecule has 0 bridgehead atoms. The second-order valence-corrected chi connectivity index (χ2v) is 8.79. The topological polar surface area (TPSA) is 97.0 Å². The second kappa shape index (κ2) is 8.14. The van der Waals surface area contributed by atoms with Crippen molar-refractivity contribution in [2.45, 2.75) is 23.0 Å². The van der Waals surface area contributed by atoms with Crippen LogP contribution in [-0.2, 0) is 14.4 Å². The van der Waals surface area contributed by atoms with E-state index in [0.717, 1.165) is 10.6 Å². The van der Waals surface area contributed by atoms with Crippen LogP contribution in [0.4, 0.5) is 11.4 Å². The molecule has 160 valence electrons. The van der Waals surface area contributed by atoms with Crippen LogP contribution in [0.2, 0.25) is 0 Å². The molecule has 2 aromatic carbocycles. The Balaban J connectivity index is 1.17. The maximum Gasteiger partial charge on any atom is 0.247 e. The number of carbonyl (C=O) groups is 3. The highest BCUT2D eigenvalue weighted by atomic mass is 32.2. The molecule has 1 atom stereocenters. The minimum atomic E-state index is -0.797. The highest BCUT2D eigenvalue weighted by molar-refractivity contribution is 8.01. The summed E-state index contributed by atoms with van der Waals surface area (Å²) in [5.41, 5.74) is 1.39. The summed E-state index contributed by atoms with van der Waals surface area (Å²) < 4.78 is 10.6. The predicted octanol–water partition coefficient (Wildman–Crippen LogP) is 2.71. The number of para-hydroxylation sites is 1. The number of rotatable bonds is 3. The van der Waals surface area contributed by atoms with E-state index in [-0.39, 0.29) is 30.4 Å². The summed E-state index contributed by atoms with van der Waals surface area (Å²) in [5, 5.41) is 4.93. The van der Waals surface area contributed by atoms with Crippen LogP contribution >= 0.6 is 11.8 Å². The van der Waals surface area contributed by atoms with Gasteiger partial charge in [0.05, 0.1) is 5.69 Å². The Labute approximate surface area is 183 Å². The van der Waals surface area contributed by atoms with Gasteiger partial charge in [0.1, 0.15) is 0 Å². The molecule has 3 heterocycles. The van der Waals surface area contributed by atoms with Gasteiger partial charge in [-0.3, -0.25) is 14.4 Å². The number of carbonyl (C=O) groups excluding carboxylic acids is 3. The van der Waals surface area contributed by atoms with Gasteiger partial charge in [-0.25, -0.2) is 0 Å². The lowest BCUT2D eigenvalue weighted by atomic mass is 9.95. The van der Waals surface area contributed by atoms with E-state index in [1.807, 2.05) is 24.3 Å². The first-order chi connectivity index (χ1) is 15.1. The van der Waals surface area contributed by atoms with E-state index in [0.29, 0.717) is 43.1 Å². The molecule has 2 N–H and O–H groups in total. The second-order valence-electron chi connectivity index (χ2n) is 7.64. The van der Waals surface area contributed by atoms with Gasteiger partial charge in [-0.2, -0.15) is 0 Å². The minimum Gasteiger partial charge on any atom is -0.454 e. The van der Waals surface area contributed by atoms with Crippen molar-refractivity contribution < 1.29 is 23.9 Å². The van der Waals surface area contributed by atoms with E-state index in [1.165, 1.54) is 11.8 Å². The average Bonchev–Trinajstić information content (AvgIpc) is 3.26. The van der Waals surface area contributed by atoms with E-state index in [1.54, 1.807) is 23.1 Å². The third-order valence-electron chi connectivity index (χ3n) is 5.67. The number of piperidine rings is 1. The maximum atomic E-state index is 13.0. The zero-order valence-corrected chi connectivity index (χ0v) is 17.4. The molecule has 1 fully saturated rings. The Morgan fingerprint density at radius 3 is 2.68 bits per heavy atom. The quantitative estimate of drug-likeness (QED) is 0.714. The number of anilines is 2. The van der Waals surface area contributed by atoms with Crippen LogP contribution in [0.25, 0.3) is 0 Å². The first-order valence-corrected chi connectivity index (χ1v) is 11.0. The monoisotopic (exact) mass is 439 g/mol. The van der Waals surface area contributed by atoms with Crippen molar-refractivity contribution >= 4 is 40.9 Å².